The topological polar surface area (TPSA) is 62.2 Å². The van der Waals surface area contributed by atoms with Crippen LogP contribution in [0.15, 0.2) is 41.7 Å². The zero-order valence-electron chi connectivity index (χ0n) is 14.4. The first-order valence-electron chi connectivity index (χ1n) is 8.37. The van der Waals surface area contributed by atoms with Gasteiger partial charge in [-0.25, -0.2) is 15.0 Å². The van der Waals surface area contributed by atoms with Crippen LogP contribution in [0.1, 0.15) is 10.4 Å². The van der Waals surface area contributed by atoms with E-state index in [0.717, 1.165) is 15.5 Å². The Morgan fingerprint density at radius 3 is 2.50 bits per heavy atom. The highest BCUT2D eigenvalue weighted by Gasteiger charge is 2.33. The Bertz CT molecular complexity index is 969. The van der Waals surface area contributed by atoms with E-state index in [2.05, 4.69) is 19.9 Å². The lowest BCUT2D eigenvalue weighted by molar-refractivity contribution is -0.0329. The second-order valence-corrected chi connectivity index (χ2v) is 8.02. The number of anilines is 1. The number of pyridine rings is 2. The van der Waals surface area contributed by atoms with Crippen LogP contribution in [0.3, 0.4) is 0 Å². The third-order valence-corrected chi connectivity index (χ3v) is 6.00. The minimum atomic E-state index is -4.50. The van der Waals surface area contributed by atoms with Crippen LogP contribution in [-0.2, 0) is 0 Å². The molecule has 28 heavy (non-hydrogen) atoms. The van der Waals surface area contributed by atoms with E-state index in [1.54, 1.807) is 11.1 Å². The summed E-state index contributed by atoms with van der Waals surface area (Å²) >= 11 is 1.12. The molecule has 0 bridgehead atoms. The van der Waals surface area contributed by atoms with E-state index < -0.39 is 11.4 Å². The molecule has 11 heteroatoms. The predicted molar refractivity (Wildman–Crippen MR) is 102 cm³/mol. The predicted octanol–water partition coefficient (Wildman–Crippen LogP) is 3.66. The molecule has 0 aliphatic carbocycles. The third kappa shape index (κ3) is 4.04. The van der Waals surface area contributed by atoms with Gasteiger partial charge in [0.05, 0.1) is 5.56 Å². The van der Waals surface area contributed by atoms with Crippen molar-refractivity contribution in [1.82, 2.24) is 19.9 Å². The number of amides is 1. The van der Waals surface area contributed by atoms with Crippen LogP contribution in [-0.4, -0.2) is 57.4 Å². The standard InChI is InChI=1S/C17H14F3N5OS2/c18-17(19,20)28-13-11(3-1-5-21-13)15(26)24-7-9-25(10-8-24)16-23-12-4-2-6-22-14(12)27-16/h1-6H,7-10H2. The molecule has 4 heterocycles. The first-order valence-corrected chi connectivity index (χ1v) is 10.0. The first-order chi connectivity index (χ1) is 13.4. The lowest BCUT2D eigenvalue weighted by atomic mass is 10.2. The largest absolute Gasteiger partial charge is 0.447 e. The maximum atomic E-state index is 12.8. The monoisotopic (exact) mass is 425 g/mol. The highest BCUT2D eigenvalue weighted by molar-refractivity contribution is 8.00. The summed E-state index contributed by atoms with van der Waals surface area (Å²) < 4.78 is 38.2. The normalized spacial score (nSPS) is 15.2. The fourth-order valence-corrected chi connectivity index (χ4v) is 4.47. The van der Waals surface area contributed by atoms with Gasteiger partial charge in [0.25, 0.3) is 5.91 Å². The summed E-state index contributed by atoms with van der Waals surface area (Å²) in [5.41, 5.74) is -3.70. The molecule has 1 fully saturated rings. The Hall–Kier alpha value is -2.40. The molecule has 0 saturated carbocycles. The van der Waals surface area contributed by atoms with Gasteiger partial charge >= 0.3 is 5.51 Å². The van der Waals surface area contributed by atoms with Crippen molar-refractivity contribution in [2.24, 2.45) is 0 Å². The number of carbonyl (C=O) groups excluding carboxylic acids is 1. The van der Waals surface area contributed by atoms with Gasteiger partial charge < -0.3 is 9.80 Å². The number of fused-ring (bicyclic) bond motifs is 1. The summed E-state index contributed by atoms with van der Waals surface area (Å²) in [7, 11) is 0. The van der Waals surface area contributed by atoms with Gasteiger partial charge in [0, 0.05) is 50.3 Å². The quantitative estimate of drug-likeness (QED) is 0.597. The van der Waals surface area contributed by atoms with E-state index in [0.29, 0.717) is 26.2 Å². The van der Waals surface area contributed by atoms with Gasteiger partial charge in [-0.15, -0.1) is 0 Å². The van der Waals surface area contributed by atoms with Crippen molar-refractivity contribution in [2.45, 2.75) is 10.5 Å². The second-order valence-electron chi connectivity index (χ2n) is 6.01. The molecule has 1 aliphatic heterocycles. The van der Waals surface area contributed by atoms with Crippen LogP contribution in [0, 0.1) is 0 Å². The zero-order valence-corrected chi connectivity index (χ0v) is 16.0. The van der Waals surface area contributed by atoms with Crippen molar-refractivity contribution in [3.8, 4) is 0 Å². The van der Waals surface area contributed by atoms with E-state index in [4.69, 9.17) is 0 Å². The van der Waals surface area contributed by atoms with Crippen molar-refractivity contribution < 1.29 is 18.0 Å². The smallest absolute Gasteiger partial charge is 0.344 e. The van der Waals surface area contributed by atoms with Gasteiger partial charge in [-0.05, 0) is 24.3 Å². The van der Waals surface area contributed by atoms with Gasteiger partial charge in [0.2, 0.25) is 0 Å². The number of piperazine rings is 1. The molecule has 1 aliphatic rings. The van der Waals surface area contributed by atoms with Crippen molar-refractivity contribution in [3.63, 3.8) is 0 Å². The van der Waals surface area contributed by atoms with Gasteiger partial charge in [0.15, 0.2) is 5.13 Å². The third-order valence-electron chi connectivity index (χ3n) is 4.21. The molecule has 6 nitrogen and oxygen atoms in total. The van der Waals surface area contributed by atoms with Gasteiger partial charge in [-0.1, -0.05) is 11.3 Å². The molecule has 0 atom stereocenters. The van der Waals surface area contributed by atoms with Gasteiger partial charge in [0.1, 0.15) is 15.4 Å². The summed E-state index contributed by atoms with van der Waals surface area (Å²) in [6.45, 7) is 1.89. The summed E-state index contributed by atoms with van der Waals surface area (Å²) in [6, 6.07) is 6.57. The number of thiazole rings is 1. The maximum Gasteiger partial charge on any atom is 0.447 e. The molecule has 1 amide bonds. The van der Waals surface area contributed by atoms with Crippen molar-refractivity contribution in [3.05, 3.63) is 42.2 Å². The van der Waals surface area contributed by atoms with Crippen LogP contribution in [0.2, 0.25) is 0 Å². The Morgan fingerprint density at radius 1 is 1.07 bits per heavy atom. The first kappa shape index (κ1) is 18.9. The number of rotatable bonds is 3. The molecule has 146 valence electrons. The fraction of sp³-hybridized carbons (Fsp3) is 0.294. The summed E-state index contributed by atoms with van der Waals surface area (Å²) in [6.07, 6.45) is 2.97. The number of halogens is 3. The van der Waals surface area contributed by atoms with Crippen LogP contribution < -0.4 is 4.90 Å². The van der Waals surface area contributed by atoms with Crippen molar-refractivity contribution >= 4 is 44.5 Å². The van der Waals surface area contributed by atoms with Crippen LogP contribution >= 0.6 is 23.1 Å². The zero-order chi connectivity index (χ0) is 19.7. The minimum absolute atomic E-state index is 0.0255. The van der Waals surface area contributed by atoms with Crippen LogP contribution in [0.4, 0.5) is 18.3 Å². The SMILES string of the molecule is O=C(c1cccnc1SC(F)(F)F)N1CCN(c2nc3cccnc3s2)CC1. The molecule has 0 aromatic carbocycles. The van der Waals surface area contributed by atoms with E-state index in [1.807, 2.05) is 12.1 Å². The molecule has 0 spiro atoms. The van der Waals surface area contributed by atoms with E-state index in [1.165, 1.54) is 29.7 Å². The van der Waals surface area contributed by atoms with Crippen LogP contribution in [0.25, 0.3) is 10.3 Å². The second kappa shape index (κ2) is 7.55. The Balaban J connectivity index is 1.46. The Kier molecular flexibility index (Phi) is 5.11. The van der Waals surface area contributed by atoms with E-state index in [9.17, 15) is 18.0 Å². The van der Waals surface area contributed by atoms with Gasteiger partial charge in [-0.2, -0.15) is 13.2 Å². The lowest BCUT2D eigenvalue weighted by Crippen LogP contribution is -2.49. The Labute approximate surface area is 166 Å². The van der Waals surface area contributed by atoms with E-state index >= 15 is 0 Å². The van der Waals surface area contributed by atoms with Crippen molar-refractivity contribution in [2.75, 3.05) is 31.1 Å². The molecule has 3 aromatic heterocycles. The number of carbonyl (C=O) groups is 1. The fourth-order valence-electron chi connectivity index (χ4n) is 2.91. The number of hydrogen-bond acceptors (Lipinski definition) is 7. The van der Waals surface area contributed by atoms with Gasteiger partial charge in [-0.3, -0.25) is 4.79 Å². The highest BCUT2D eigenvalue weighted by atomic mass is 32.2. The highest BCUT2D eigenvalue weighted by Crippen LogP contribution is 2.37. The molecular weight excluding hydrogens is 411 g/mol. The maximum absolute atomic E-state index is 12.8. The average molecular weight is 425 g/mol. The summed E-state index contributed by atoms with van der Waals surface area (Å²) in [5.74, 6) is -0.439. The molecule has 4 rings (SSSR count). The van der Waals surface area contributed by atoms with Crippen molar-refractivity contribution in [1.29, 1.82) is 0 Å². The average Bonchev–Trinajstić information content (AvgIpc) is 3.11. The molecule has 0 N–H and O–H groups in total. The summed E-state index contributed by atoms with van der Waals surface area (Å²) in [5, 5.41) is 0.509. The molecule has 0 radical (unpaired) electrons. The van der Waals surface area contributed by atoms with Crippen LogP contribution in [0.5, 0.6) is 0 Å². The number of hydrogen-bond donors (Lipinski definition) is 0. The van der Waals surface area contributed by atoms with E-state index in [-0.39, 0.29) is 22.4 Å². The lowest BCUT2D eigenvalue weighted by Gasteiger charge is -2.34. The molecular formula is C17H14F3N5OS2. The number of aromatic nitrogens is 3. The molecule has 3 aromatic rings. The molecule has 0 unspecified atom stereocenters. The Morgan fingerprint density at radius 2 is 1.79 bits per heavy atom. The minimum Gasteiger partial charge on any atom is -0.344 e. The number of alkyl halides is 3. The number of thioether (sulfide) groups is 1. The summed E-state index contributed by atoms with van der Waals surface area (Å²) in [4.78, 5) is 29.8. The number of nitrogens with zero attached hydrogens (tertiary/aromatic N) is 5. The molecule has 1 saturated heterocycles.